The molecule has 2 aliphatic rings. The highest BCUT2D eigenvalue weighted by Crippen LogP contribution is 2.35. The molecule has 3 N–H and O–H groups in total. The summed E-state index contributed by atoms with van der Waals surface area (Å²) in [7, 11) is 0. The van der Waals surface area contributed by atoms with Gasteiger partial charge in [-0.3, -0.25) is 9.59 Å². The number of aromatic nitrogens is 2. The number of carbonyl (C=O) groups is 2. The van der Waals surface area contributed by atoms with Crippen LogP contribution in [0.25, 0.3) is 0 Å². The Morgan fingerprint density at radius 3 is 2.79 bits per heavy atom. The van der Waals surface area contributed by atoms with Crippen LogP contribution < -0.4 is 15.4 Å². The van der Waals surface area contributed by atoms with Crippen molar-refractivity contribution < 1.29 is 14.3 Å². The van der Waals surface area contributed by atoms with E-state index < -0.39 is 6.04 Å². The highest BCUT2D eigenvalue weighted by molar-refractivity contribution is 5.88. The van der Waals surface area contributed by atoms with Gasteiger partial charge in [0.2, 0.25) is 5.91 Å². The van der Waals surface area contributed by atoms with Gasteiger partial charge in [0, 0.05) is 31.7 Å². The van der Waals surface area contributed by atoms with Crippen molar-refractivity contribution in [1.82, 2.24) is 25.5 Å². The van der Waals surface area contributed by atoms with Gasteiger partial charge >= 0.3 is 0 Å². The number of carbonyl (C=O) groups excluding carboxylic acids is 2. The number of rotatable bonds is 5. The first kappa shape index (κ1) is 19.4. The quantitative estimate of drug-likeness (QED) is 0.698. The number of H-pyrrole nitrogens is 1. The Kier molecular flexibility index (Phi) is 5.53. The van der Waals surface area contributed by atoms with Crippen LogP contribution in [0.3, 0.4) is 0 Å². The average molecular weight is 397 g/mol. The second kappa shape index (κ2) is 8.24. The van der Waals surface area contributed by atoms with Crippen molar-refractivity contribution in [1.29, 1.82) is 0 Å². The molecule has 2 aliphatic heterocycles. The summed E-state index contributed by atoms with van der Waals surface area (Å²) < 4.78 is 5.44. The van der Waals surface area contributed by atoms with Crippen LogP contribution in [0.2, 0.25) is 0 Å². The van der Waals surface area contributed by atoms with Crippen LogP contribution in [0.15, 0.2) is 36.7 Å². The summed E-state index contributed by atoms with van der Waals surface area (Å²) in [6.45, 7) is 3.79. The lowest BCUT2D eigenvalue weighted by atomic mass is 9.80. The monoisotopic (exact) mass is 397 g/mol. The molecule has 0 aliphatic carbocycles. The first-order valence-corrected chi connectivity index (χ1v) is 10.1. The summed E-state index contributed by atoms with van der Waals surface area (Å²) in [6.07, 6.45) is 4.34. The maximum atomic E-state index is 12.8. The van der Waals surface area contributed by atoms with Crippen molar-refractivity contribution in [2.24, 2.45) is 0 Å². The Balaban J connectivity index is 1.28. The van der Waals surface area contributed by atoms with Crippen LogP contribution in [-0.2, 0) is 21.5 Å². The largest absolute Gasteiger partial charge is 0.484 e. The van der Waals surface area contributed by atoms with E-state index in [2.05, 4.69) is 20.6 Å². The van der Waals surface area contributed by atoms with Gasteiger partial charge in [0.05, 0.1) is 17.6 Å². The maximum absolute atomic E-state index is 12.8. The Labute approximate surface area is 170 Å². The third kappa shape index (κ3) is 4.12. The molecule has 1 fully saturated rings. The summed E-state index contributed by atoms with van der Waals surface area (Å²) >= 11 is 0. The lowest BCUT2D eigenvalue weighted by Gasteiger charge is -2.44. The molecule has 2 amide bonds. The molecule has 1 spiro atoms. The van der Waals surface area contributed by atoms with Gasteiger partial charge in [0.1, 0.15) is 11.8 Å². The first-order valence-electron chi connectivity index (χ1n) is 10.1. The zero-order chi connectivity index (χ0) is 20.3. The molecule has 0 saturated carbocycles. The summed E-state index contributed by atoms with van der Waals surface area (Å²) in [5, 5.41) is 6.36. The van der Waals surface area contributed by atoms with Crippen molar-refractivity contribution in [3.05, 3.63) is 48.0 Å². The lowest BCUT2D eigenvalue weighted by Crippen LogP contribution is -2.57. The molecular weight excluding hydrogens is 370 g/mol. The Bertz CT molecular complexity index is 858. The van der Waals surface area contributed by atoms with E-state index in [0.29, 0.717) is 18.8 Å². The number of imidazole rings is 1. The molecule has 1 unspecified atom stereocenters. The number of hydrogen-bond acceptors (Lipinski definition) is 5. The molecule has 154 valence electrons. The topological polar surface area (TPSA) is 99.4 Å². The van der Waals surface area contributed by atoms with E-state index in [-0.39, 0.29) is 24.0 Å². The van der Waals surface area contributed by atoms with Crippen LogP contribution in [0, 0.1) is 0 Å². The van der Waals surface area contributed by atoms with Crippen molar-refractivity contribution in [2.45, 2.75) is 37.8 Å². The number of likely N-dealkylation sites (tertiary alicyclic amines) is 1. The van der Waals surface area contributed by atoms with Gasteiger partial charge in [-0.25, -0.2) is 4.98 Å². The van der Waals surface area contributed by atoms with Crippen LogP contribution >= 0.6 is 0 Å². The fourth-order valence-corrected chi connectivity index (χ4v) is 4.24. The molecule has 2 aromatic rings. The normalized spacial score (nSPS) is 18.7. The molecule has 4 rings (SSSR count). The maximum Gasteiger partial charge on any atom is 0.258 e. The number of benzene rings is 1. The van der Waals surface area contributed by atoms with Crippen molar-refractivity contribution >= 4 is 11.8 Å². The van der Waals surface area contributed by atoms with E-state index in [1.807, 2.05) is 23.1 Å². The molecule has 29 heavy (non-hydrogen) atoms. The van der Waals surface area contributed by atoms with Gasteiger partial charge in [-0.15, -0.1) is 0 Å². The van der Waals surface area contributed by atoms with Gasteiger partial charge < -0.3 is 25.3 Å². The number of para-hydroxylation sites is 1. The molecule has 0 radical (unpaired) electrons. The lowest BCUT2D eigenvalue weighted by molar-refractivity contribution is -0.138. The second-order valence-electron chi connectivity index (χ2n) is 7.70. The summed E-state index contributed by atoms with van der Waals surface area (Å²) in [5.74, 6) is 0.255. The molecule has 8 nitrogen and oxygen atoms in total. The number of nitrogens with zero attached hydrogens (tertiary/aromatic N) is 2. The molecule has 1 aromatic heterocycles. The van der Waals surface area contributed by atoms with Crippen molar-refractivity contribution in [2.75, 3.05) is 26.2 Å². The van der Waals surface area contributed by atoms with Gasteiger partial charge in [0.15, 0.2) is 6.61 Å². The second-order valence-corrected chi connectivity index (χ2v) is 7.70. The third-order valence-electron chi connectivity index (χ3n) is 5.80. The fraction of sp³-hybridized carbons (Fsp3) is 0.476. The highest BCUT2D eigenvalue weighted by Gasteiger charge is 2.42. The third-order valence-corrected chi connectivity index (χ3v) is 5.80. The van der Waals surface area contributed by atoms with Crippen LogP contribution in [0.4, 0.5) is 0 Å². The Morgan fingerprint density at radius 1 is 1.28 bits per heavy atom. The number of aromatic amines is 1. The zero-order valence-corrected chi connectivity index (χ0v) is 16.6. The Hall–Kier alpha value is -2.87. The number of nitrogens with one attached hydrogen (secondary N) is 3. The minimum absolute atomic E-state index is 0.0639. The van der Waals surface area contributed by atoms with Crippen LogP contribution in [0.1, 0.15) is 31.2 Å². The van der Waals surface area contributed by atoms with E-state index in [9.17, 15) is 9.59 Å². The minimum atomic E-state index is -0.587. The number of amides is 2. The molecule has 0 bridgehead atoms. The van der Waals surface area contributed by atoms with E-state index in [1.54, 1.807) is 25.4 Å². The summed E-state index contributed by atoms with van der Waals surface area (Å²) in [5.41, 5.74) is 2.14. The highest BCUT2D eigenvalue weighted by atomic mass is 16.5. The summed E-state index contributed by atoms with van der Waals surface area (Å²) in [6, 6.07) is 8.55. The number of ether oxygens (including phenoxy) is 1. The predicted octanol–water partition coefficient (Wildman–Crippen LogP) is 0.957. The van der Waals surface area contributed by atoms with Gasteiger partial charge in [-0.05, 0) is 31.9 Å². The molecular formula is C21H27N5O3. The number of piperidine rings is 1. The van der Waals surface area contributed by atoms with Crippen LogP contribution in [0.5, 0.6) is 5.75 Å². The first-order chi connectivity index (χ1) is 14.1. The minimum Gasteiger partial charge on any atom is -0.484 e. The Morgan fingerprint density at radius 2 is 2.03 bits per heavy atom. The molecule has 8 heteroatoms. The van der Waals surface area contributed by atoms with E-state index >= 15 is 0 Å². The van der Waals surface area contributed by atoms with Gasteiger partial charge in [0.25, 0.3) is 5.91 Å². The molecule has 3 heterocycles. The van der Waals surface area contributed by atoms with Crippen molar-refractivity contribution in [3.63, 3.8) is 0 Å². The molecule has 1 atom stereocenters. The van der Waals surface area contributed by atoms with Gasteiger partial charge in [-0.1, -0.05) is 18.2 Å². The molecule has 1 saturated heterocycles. The fourth-order valence-electron chi connectivity index (χ4n) is 4.24. The van der Waals surface area contributed by atoms with Crippen molar-refractivity contribution in [3.8, 4) is 5.75 Å². The number of hydrogen-bond donors (Lipinski definition) is 3. The van der Waals surface area contributed by atoms with E-state index in [4.69, 9.17) is 4.74 Å². The number of fused-ring (bicyclic) bond motifs is 2. The van der Waals surface area contributed by atoms with E-state index in [1.165, 1.54) is 5.69 Å². The SMILES string of the molecule is CC(NC(=O)COc1ccccc1)C(=O)N1CCC2(CC1)NCCc1[nH]cnc12. The zero-order valence-electron chi connectivity index (χ0n) is 16.6. The molecule has 1 aromatic carbocycles. The standard InChI is InChI=1S/C21H27N5O3/c1-15(25-18(27)13-29-16-5-3-2-4-6-16)20(28)26-11-8-21(9-12-26)19-17(7-10-24-21)22-14-23-19/h2-6,14-15,24H,7-13H2,1H3,(H,22,23)(H,25,27). The smallest absolute Gasteiger partial charge is 0.258 e. The summed E-state index contributed by atoms with van der Waals surface area (Å²) in [4.78, 5) is 34.5. The van der Waals surface area contributed by atoms with Gasteiger partial charge in [-0.2, -0.15) is 0 Å². The van der Waals surface area contributed by atoms with Crippen LogP contribution in [-0.4, -0.2) is 59.0 Å². The average Bonchev–Trinajstić information content (AvgIpc) is 3.24. The predicted molar refractivity (Wildman–Crippen MR) is 107 cm³/mol. The van der Waals surface area contributed by atoms with E-state index in [0.717, 1.165) is 31.5 Å².